The van der Waals surface area contributed by atoms with Crippen molar-refractivity contribution in [1.82, 2.24) is 4.90 Å². The molecule has 24 heavy (non-hydrogen) atoms. The molecule has 2 N–H and O–H groups in total. The summed E-state index contributed by atoms with van der Waals surface area (Å²) in [5, 5.41) is 0.731. The summed E-state index contributed by atoms with van der Waals surface area (Å²) >= 11 is 6.19. The van der Waals surface area contributed by atoms with Gasteiger partial charge in [-0.25, -0.2) is 4.79 Å². The molecular weight excluding hydrogens is 328 g/mol. The summed E-state index contributed by atoms with van der Waals surface area (Å²) in [4.78, 5) is 25.9. The highest BCUT2D eigenvalue weighted by molar-refractivity contribution is 6.31. The lowest BCUT2D eigenvalue weighted by atomic mass is 9.97. The number of aryl methyl sites for hydroxylation is 1. The van der Waals surface area contributed by atoms with E-state index in [1.54, 1.807) is 11.8 Å². The zero-order chi connectivity index (χ0) is 17.9. The zero-order valence-electron chi connectivity index (χ0n) is 14.3. The van der Waals surface area contributed by atoms with Crippen molar-refractivity contribution in [2.45, 2.75) is 33.1 Å². The number of rotatable bonds is 4. The highest BCUT2D eigenvalue weighted by Crippen LogP contribution is 2.30. The van der Waals surface area contributed by atoms with Crippen molar-refractivity contribution >= 4 is 23.5 Å². The van der Waals surface area contributed by atoms with Crippen molar-refractivity contribution in [3.05, 3.63) is 45.6 Å². The van der Waals surface area contributed by atoms with Gasteiger partial charge in [0.1, 0.15) is 5.70 Å². The minimum atomic E-state index is -0.551. The smallest absolute Gasteiger partial charge is 0.336 e. The van der Waals surface area contributed by atoms with Gasteiger partial charge >= 0.3 is 5.97 Å². The molecule has 0 aromatic heterocycles. The van der Waals surface area contributed by atoms with Gasteiger partial charge in [-0.3, -0.25) is 4.79 Å². The number of carbonyl (C=O) groups is 2. The van der Waals surface area contributed by atoms with Crippen LogP contribution in [0.5, 0.6) is 0 Å². The summed E-state index contributed by atoms with van der Waals surface area (Å²) in [6, 6.07) is 5.99. The van der Waals surface area contributed by atoms with E-state index in [9.17, 15) is 9.59 Å². The number of ether oxygens (including phenoxy) is 1. The Labute approximate surface area is 147 Å². The average Bonchev–Trinajstić information content (AvgIpc) is 3.05. The van der Waals surface area contributed by atoms with Crippen LogP contribution >= 0.6 is 11.6 Å². The lowest BCUT2D eigenvalue weighted by Crippen LogP contribution is -2.34. The third-order valence-corrected chi connectivity index (χ3v) is 4.77. The molecule has 0 bridgehead atoms. The standard InChI is InChI=1S/C18H23ClN2O3/c1-4-24-18(23)12(3)16(20)17(22)21-8-7-14(10-21)13-6-5-11(2)15(19)9-13/h5-6,9,14H,4,7-8,10,20H2,1-3H3/b16-12+. The lowest BCUT2D eigenvalue weighted by Gasteiger charge is -2.18. The Bertz CT molecular complexity index is 685. The topological polar surface area (TPSA) is 72.6 Å². The predicted octanol–water partition coefficient (Wildman–Crippen LogP) is 2.76. The van der Waals surface area contributed by atoms with Crippen LogP contribution < -0.4 is 5.73 Å². The highest BCUT2D eigenvalue weighted by atomic mass is 35.5. The maximum absolute atomic E-state index is 12.5. The fraction of sp³-hybridized carbons (Fsp3) is 0.444. The monoisotopic (exact) mass is 350 g/mol. The molecule has 2 rings (SSSR count). The van der Waals surface area contributed by atoms with E-state index in [1.165, 1.54) is 6.92 Å². The molecule has 1 fully saturated rings. The molecule has 1 unspecified atom stereocenters. The Morgan fingerprint density at radius 3 is 2.75 bits per heavy atom. The molecule has 1 aliphatic heterocycles. The third kappa shape index (κ3) is 3.90. The van der Waals surface area contributed by atoms with E-state index in [0.29, 0.717) is 13.1 Å². The number of esters is 1. The number of hydrogen-bond donors (Lipinski definition) is 1. The van der Waals surface area contributed by atoms with Gasteiger partial charge in [0, 0.05) is 24.0 Å². The number of benzene rings is 1. The van der Waals surface area contributed by atoms with E-state index in [2.05, 4.69) is 0 Å². The summed E-state index contributed by atoms with van der Waals surface area (Å²) in [5.74, 6) is -0.645. The number of halogens is 1. The number of hydrogen-bond acceptors (Lipinski definition) is 4. The van der Waals surface area contributed by atoms with Crippen molar-refractivity contribution in [1.29, 1.82) is 0 Å². The second kappa shape index (κ2) is 7.71. The minimum Gasteiger partial charge on any atom is -0.463 e. The van der Waals surface area contributed by atoms with Crippen molar-refractivity contribution in [2.24, 2.45) is 5.73 Å². The van der Waals surface area contributed by atoms with E-state index in [0.717, 1.165) is 22.6 Å². The van der Waals surface area contributed by atoms with Gasteiger partial charge in [-0.15, -0.1) is 0 Å². The van der Waals surface area contributed by atoms with Crippen LogP contribution in [0.3, 0.4) is 0 Å². The van der Waals surface area contributed by atoms with Crippen LogP contribution in [0.15, 0.2) is 29.5 Å². The van der Waals surface area contributed by atoms with Gasteiger partial charge in [0.2, 0.25) is 0 Å². The molecule has 1 amide bonds. The minimum absolute atomic E-state index is 0.0453. The van der Waals surface area contributed by atoms with Gasteiger partial charge in [0.15, 0.2) is 0 Å². The van der Waals surface area contributed by atoms with Crippen molar-refractivity contribution in [2.75, 3.05) is 19.7 Å². The van der Waals surface area contributed by atoms with Gasteiger partial charge in [-0.2, -0.15) is 0 Å². The summed E-state index contributed by atoms with van der Waals surface area (Å²) in [6.45, 7) is 6.60. The molecule has 1 aliphatic rings. The molecule has 1 heterocycles. The van der Waals surface area contributed by atoms with Crippen molar-refractivity contribution in [3.8, 4) is 0 Å². The maximum atomic E-state index is 12.5. The fourth-order valence-corrected chi connectivity index (χ4v) is 2.95. The lowest BCUT2D eigenvalue weighted by molar-refractivity contribution is -0.139. The third-order valence-electron chi connectivity index (χ3n) is 4.36. The molecule has 1 aromatic rings. The first-order chi connectivity index (χ1) is 11.3. The second-order valence-corrected chi connectivity index (χ2v) is 6.41. The molecule has 1 saturated heterocycles. The van der Waals surface area contributed by atoms with Crippen LogP contribution in [0.25, 0.3) is 0 Å². The second-order valence-electron chi connectivity index (χ2n) is 6.00. The first kappa shape index (κ1) is 18.3. The first-order valence-corrected chi connectivity index (χ1v) is 8.41. The van der Waals surface area contributed by atoms with Crippen LogP contribution in [0, 0.1) is 6.92 Å². The van der Waals surface area contributed by atoms with Crippen LogP contribution in [0.4, 0.5) is 0 Å². The van der Waals surface area contributed by atoms with Crippen LogP contribution in [-0.4, -0.2) is 36.5 Å². The number of nitrogens with two attached hydrogens (primary N) is 1. The zero-order valence-corrected chi connectivity index (χ0v) is 15.0. The SMILES string of the molecule is CCOC(=O)/C(C)=C(/N)C(=O)N1CCC(c2ccc(C)c(Cl)c2)C1. The van der Waals surface area contributed by atoms with Gasteiger partial charge in [-0.1, -0.05) is 23.7 Å². The Morgan fingerprint density at radius 1 is 1.42 bits per heavy atom. The van der Waals surface area contributed by atoms with E-state index in [4.69, 9.17) is 22.1 Å². The maximum Gasteiger partial charge on any atom is 0.336 e. The van der Waals surface area contributed by atoms with Crippen molar-refractivity contribution in [3.63, 3.8) is 0 Å². The van der Waals surface area contributed by atoms with Gasteiger partial charge in [-0.05, 0) is 44.4 Å². The summed E-state index contributed by atoms with van der Waals surface area (Å²) in [6.07, 6.45) is 0.844. The molecule has 6 heteroatoms. The number of nitrogens with zero attached hydrogens (tertiary/aromatic N) is 1. The summed E-state index contributed by atoms with van der Waals surface area (Å²) in [5.41, 5.74) is 8.12. The van der Waals surface area contributed by atoms with Crippen LogP contribution in [0.2, 0.25) is 5.02 Å². The Kier molecular flexibility index (Phi) is 5.89. The number of carbonyl (C=O) groups excluding carboxylic acids is 2. The largest absolute Gasteiger partial charge is 0.463 e. The van der Waals surface area contributed by atoms with Crippen LogP contribution in [-0.2, 0) is 14.3 Å². The molecular formula is C18H23ClN2O3. The predicted molar refractivity (Wildman–Crippen MR) is 93.6 cm³/mol. The fourth-order valence-electron chi connectivity index (χ4n) is 2.76. The van der Waals surface area contributed by atoms with E-state index in [1.807, 2.05) is 25.1 Å². The molecule has 5 nitrogen and oxygen atoms in total. The molecule has 1 atom stereocenters. The summed E-state index contributed by atoms with van der Waals surface area (Å²) < 4.78 is 4.89. The first-order valence-electron chi connectivity index (χ1n) is 8.04. The Morgan fingerprint density at radius 2 is 2.12 bits per heavy atom. The van der Waals surface area contributed by atoms with Gasteiger partial charge in [0.05, 0.1) is 12.2 Å². The van der Waals surface area contributed by atoms with Crippen LogP contribution in [0.1, 0.15) is 37.3 Å². The average molecular weight is 351 g/mol. The molecule has 130 valence electrons. The number of amides is 1. The van der Waals surface area contributed by atoms with Gasteiger partial charge < -0.3 is 15.4 Å². The summed E-state index contributed by atoms with van der Waals surface area (Å²) in [7, 11) is 0. The normalized spacial score (nSPS) is 18.3. The molecule has 0 spiro atoms. The quantitative estimate of drug-likeness (QED) is 0.669. The van der Waals surface area contributed by atoms with E-state index in [-0.39, 0.29) is 29.7 Å². The molecule has 0 radical (unpaired) electrons. The molecule has 1 aromatic carbocycles. The van der Waals surface area contributed by atoms with Crippen molar-refractivity contribution < 1.29 is 14.3 Å². The van der Waals surface area contributed by atoms with Gasteiger partial charge in [0.25, 0.3) is 5.91 Å². The Hall–Kier alpha value is -2.01. The molecule has 0 aliphatic carbocycles. The highest BCUT2D eigenvalue weighted by Gasteiger charge is 2.30. The van der Waals surface area contributed by atoms with E-state index < -0.39 is 5.97 Å². The number of likely N-dealkylation sites (tertiary alicyclic amines) is 1. The Balaban J connectivity index is 2.09. The molecule has 0 saturated carbocycles. The van der Waals surface area contributed by atoms with E-state index >= 15 is 0 Å².